The predicted molar refractivity (Wildman–Crippen MR) is 73.7 cm³/mol. The number of hydrogen-bond acceptors (Lipinski definition) is 6. The van der Waals surface area contributed by atoms with Crippen molar-refractivity contribution >= 4 is 27.4 Å². The topological polar surface area (TPSA) is 93.2 Å². The Morgan fingerprint density at radius 1 is 1.42 bits per heavy atom. The van der Waals surface area contributed by atoms with Gasteiger partial charge in [0.15, 0.2) is 5.82 Å². The molecule has 19 heavy (non-hydrogen) atoms. The van der Waals surface area contributed by atoms with Crippen LogP contribution in [0.2, 0.25) is 5.15 Å². The first-order valence-corrected chi connectivity index (χ1v) is 7.76. The van der Waals surface area contributed by atoms with Gasteiger partial charge >= 0.3 is 0 Å². The number of nitrogens with zero attached hydrogens (tertiary/aromatic N) is 2. The number of sulfonamides is 1. The molecule has 1 aromatic heterocycles. The van der Waals surface area contributed by atoms with E-state index in [1.807, 2.05) is 6.92 Å². The Balaban J connectivity index is 2.60. The maximum Gasteiger partial charge on any atom is 0.213 e. The molecule has 1 rings (SSSR count). The molecule has 0 aromatic carbocycles. The third-order valence-corrected chi connectivity index (χ3v) is 3.72. The molecule has 9 heteroatoms. The molecule has 0 spiro atoms. The molecular weight excluding hydrogens is 292 g/mol. The molecule has 0 aliphatic heterocycles. The largest absolute Gasteiger partial charge is 0.374 e. The van der Waals surface area contributed by atoms with E-state index in [4.69, 9.17) is 16.3 Å². The summed E-state index contributed by atoms with van der Waals surface area (Å²) >= 11 is 5.85. The van der Waals surface area contributed by atoms with Gasteiger partial charge in [-0.05, 0) is 14.0 Å². The Labute approximate surface area is 117 Å². The lowest BCUT2D eigenvalue weighted by atomic mass is 10.5. The zero-order valence-electron chi connectivity index (χ0n) is 10.8. The Morgan fingerprint density at radius 2 is 2.16 bits per heavy atom. The number of anilines is 1. The second-order valence-electron chi connectivity index (χ2n) is 3.58. The molecule has 0 aliphatic rings. The zero-order chi connectivity index (χ0) is 14.3. The molecule has 0 aliphatic carbocycles. The van der Waals surface area contributed by atoms with Crippen molar-refractivity contribution in [1.29, 1.82) is 0 Å². The lowest BCUT2D eigenvalue weighted by Crippen LogP contribution is -2.26. The van der Waals surface area contributed by atoms with Gasteiger partial charge in [-0.25, -0.2) is 23.1 Å². The number of halogens is 1. The number of hydrogen-bond donors (Lipinski definition) is 2. The molecule has 108 valence electrons. The van der Waals surface area contributed by atoms with Gasteiger partial charge in [0.1, 0.15) is 17.6 Å². The minimum absolute atomic E-state index is 0.0497. The minimum atomic E-state index is -3.24. The highest BCUT2D eigenvalue weighted by Crippen LogP contribution is 2.12. The second-order valence-corrected chi connectivity index (χ2v) is 6.01. The summed E-state index contributed by atoms with van der Waals surface area (Å²) in [6.45, 7) is 2.91. The first-order valence-electron chi connectivity index (χ1n) is 5.73. The fraction of sp³-hybridized carbons (Fsp3) is 0.600. The van der Waals surface area contributed by atoms with E-state index in [0.717, 1.165) is 0 Å². The summed E-state index contributed by atoms with van der Waals surface area (Å²) in [5.74, 6) is 0.876. The summed E-state index contributed by atoms with van der Waals surface area (Å²) in [5, 5.41) is 3.16. The Kier molecular flexibility index (Phi) is 6.43. The van der Waals surface area contributed by atoms with Crippen LogP contribution in [0.4, 0.5) is 5.82 Å². The van der Waals surface area contributed by atoms with Crippen molar-refractivity contribution in [3.05, 3.63) is 17.0 Å². The maximum absolute atomic E-state index is 11.2. The molecule has 0 saturated carbocycles. The van der Waals surface area contributed by atoms with Crippen LogP contribution in [0.1, 0.15) is 12.7 Å². The van der Waals surface area contributed by atoms with Crippen molar-refractivity contribution in [2.75, 3.05) is 31.3 Å². The SMILES string of the molecule is CCOCc1nc(Cl)cc(NCCS(=O)(=O)NC)n1. The predicted octanol–water partition coefficient (Wildman–Crippen LogP) is 0.628. The van der Waals surface area contributed by atoms with Crippen LogP contribution in [0.5, 0.6) is 0 Å². The van der Waals surface area contributed by atoms with Crippen LogP contribution in [0, 0.1) is 0 Å². The minimum Gasteiger partial charge on any atom is -0.374 e. The van der Waals surface area contributed by atoms with E-state index in [1.54, 1.807) is 0 Å². The van der Waals surface area contributed by atoms with Gasteiger partial charge in [0.05, 0.1) is 5.75 Å². The van der Waals surface area contributed by atoms with Gasteiger partial charge in [0.25, 0.3) is 0 Å². The molecule has 0 radical (unpaired) electrons. The number of ether oxygens (including phenoxy) is 1. The van der Waals surface area contributed by atoms with E-state index >= 15 is 0 Å². The van der Waals surface area contributed by atoms with Gasteiger partial charge in [-0.1, -0.05) is 11.6 Å². The number of aromatic nitrogens is 2. The van der Waals surface area contributed by atoms with Crippen LogP contribution in [0.15, 0.2) is 6.07 Å². The maximum atomic E-state index is 11.2. The molecule has 0 atom stereocenters. The third kappa shape index (κ3) is 6.15. The summed E-state index contributed by atoms with van der Waals surface area (Å²) < 4.78 is 29.9. The molecule has 0 amide bonds. The fourth-order valence-corrected chi connectivity index (χ4v) is 2.00. The summed E-state index contributed by atoms with van der Waals surface area (Å²) in [7, 11) is -1.87. The monoisotopic (exact) mass is 308 g/mol. The Hall–Kier alpha value is -0.960. The number of nitrogens with one attached hydrogen (secondary N) is 2. The second kappa shape index (κ2) is 7.59. The van der Waals surface area contributed by atoms with Crippen LogP contribution in [-0.4, -0.2) is 44.3 Å². The lowest BCUT2D eigenvalue weighted by molar-refractivity contribution is 0.128. The van der Waals surface area contributed by atoms with E-state index < -0.39 is 10.0 Å². The molecule has 0 unspecified atom stereocenters. The highest BCUT2D eigenvalue weighted by Gasteiger charge is 2.07. The van der Waals surface area contributed by atoms with E-state index in [2.05, 4.69) is 20.0 Å². The quantitative estimate of drug-likeness (QED) is 0.684. The van der Waals surface area contributed by atoms with Crippen molar-refractivity contribution in [1.82, 2.24) is 14.7 Å². The van der Waals surface area contributed by atoms with Crippen LogP contribution in [0.25, 0.3) is 0 Å². The molecule has 0 fully saturated rings. The summed E-state index contributed by atoms with van der Waals surface area (Å²) in [4.78, 5) is 8.17. The molecule has 1 aromatic rings. The van der Waals surface area contributed by atoms with E-state index in [-0.39, 0.29) is 24.1 Å². The third-order valence-electron chi connectivity index (χ3n) is 2.16. The van der Waals surface area contributed by atoms with E-state index in [1.165, 1.54) is 13.1 Å². The van der Waals surface area contributed by atoms with Crippen molar-refractivity contribution in [2.45, 2.75) is 13.5 Å². The van der Waals surface area contributed by atoms with Crippen LogP contribution >= 0.6 is 11.6 Å². The summed E-state index contributed by atoms with van der Waals surface area (Å²) in [6, 6.07) is 1.53. The van der Waals surface area contributed by atoms with Crippen molar-refractivity contribution in [3.63, 3.8) is 0 Å². The van der Waals surface area contributed by atoms with Crippen LogP contribution in [0.3, 0.4) is 0 Å². The first-order chi connectivity index (χ1) is 8.96. The van der Waals surface area contributed by atoms with E-state index in [9.17, 15) is 8.42 Å². The molecule has 0 bridgehead atoms. The molecule has 2 N–H and O–H groups in total. The van der Waals surface area contributed by atoms with Gasteiger partial charge in [-0.3, -0.25) is 0 Å². The standard InChI is InChI=1S/C10H17ClN4O3S/c1-3-18-7-10-14-8(11)6-9(15-10)13-4-5-19(16,17)12-2/h6,12H,3-5,7H2,1-2H3,(H,13,14,15). The van der Waals surface area contributed by atoms with Gasteiger partial charge < -0.3 is 10.1 Å². The van der Waals surface area contributed by atoms with E-state index in [0.29, 0.717) is 18.2 Å². The van der Waals surface area contributed by atoms with Crippen molar-refractivity contribution < 1.29 is 13.2 Å². The Morgan fingerprint density at radius 3 is 2.79 bits per heavy atom. The first kappa shape index (κ1) is 16.1. The average Bonchev–Trinajstić information content (AvgIpc) is 2.35. The number of rotatable bonds is 8. The van der Waals surface area contributed by atoms with Crippen molar-refractivity contribution in [3.8, 4) is 0 Å². The van der Waals surface area contributed by atoms with Crippen LogP contribution in [-0.2, 0) is 21.4 Å². The van der Waals surface area contributed by atoms with Crippen molar-refractivity contribution in [2.24, 2.45) is 0 Å². The molecule has 1 heterocycles. The normalized spacial score (nSPS) is 11.5. The summed E-state index contributed by atoms with van der Waals surface area (Å²) in [5.41, 5.74) is 0. The fourth-order valence-electron chi connectivity index (χ4n) is 1.23. The van der Waals surface area contributed by atoms with Gasteiger partial charge in [-0.15, -0.1) is 0 Å². The molecule has 0 saturated heterocycles. The highest BCUT2D eigenvalue weighted by molar-refractivity contribution is 7.89. The smallest absolute Gasteiger partial charge is 0.213 e. The highest BCUT2D eigenvalue weighted by atomic mass is 35.5. The van der Waals surface area contributed by atoms with Gasteiger partial charge in [0, 0.05) is 19.2 Å². The lowest BCUT2D eigenvalue weighted by Gasteiger charge is -2.08. The van der Waals surface area contributed by atoms with Crippen LogP contribution < -0.4 is 10.0 Å². The van der Waals surface area contributed by atoms with Gasteiger partial charge in [-0.2, -0.15) is 0 Å². The average molecular weight is 309 g/mol. The molecular formula is C10H17ClN4O3S. The summed E-state index contributed by atoms with van der Waals surface area (Å²) in [6.07, 6.45) is 0. The zero-order valence-corrected chi connectivity index (χ0v) is 12.4. The van der Waals surface area contributed by atoms with Gasteiger partial charge in [0.2, 0.25) is 10.0 Å². The molecule has 7 nitrogen and oxygen atoms in total. The Bertz CT molecular complexity index is 509.